The molecular weight excluding hydrogens is 364 g/mol. The van der Waals surface area contributed by atoms with Crippen LogP contribution in [0.1, 0.15) is 16.7 Å². The van der Waals surface area contributed by atoms with E-state index in [1.54, 1.807) is 0 Å². The van der Waals surface area contributed by atoms with E-state index in [4.69, 9.17) is 9.83 Å². The van der Waals surface area contributed by atoms with Crippen molar-refractivity contribution in [3.8, 4) is 0 Å². The van der Waals surface area contributed by atoms with E-state index in [2.05, 4.69) is 21.4 Å². The van der Waals surface area contributed by atoms with Crippen molar-refractivity contribution in [3.05, 3.63) is 106 Å². The molecule has 0 fully saturated rings. The van der Waals surface area contributed by atoms with Crippen molar-refractivity contribution in [2.45, 2.75) is 5.72 Å². The van der Waals surface area contributed by atoms with Crippen LogP contribution >= 0.6 is 15.9 Å². The van der Waals surface area contributed by atoms with Crippen molar-refractivity contribution in [2.75, 3.05) is 0 Å². The number of halogens is 1. The van der Waals surface area contributed by atoms with Crippen molar-refractivity contribution >= 4 is 21.8 Å². The van der Waals surface area contributed by atoms with E-state index in [9.17, 15) is 0 Å². The van der Waals surface area contributed by atoms with Crippen LogP contribution in [-0.4, -0.2) is 5.84 Å². The topological polar surface area (TPSA) is 33.6 Å². The van der Waals surface area contributed by atoms with Crippen molar-refractivity contribution < 1.29 is 4.84 Å². The van der Waals surface area contributed by atoms with Crippen LogP contribution in [0.3, 0.4) is 0 Å². The summed E-state index contributed by atoms with van der Waals surface area (Å²) >= 11 is 3.46. The van der Waals surface area contributed by atoms with Crippen LogP contribution < -0.4 is 5.48 Å². The highest BCUT2D eigenvalue weighted by Gasteiger charge is 2.40. The first-order valence-electron chi connectivity index (χ1n) is 7.69. The van der Waals surface area contributed by atoms with Gasteiger partial charge < -0.3 is 0 Å². The summed E-state index contributed by atoms with van der Waals surface area (Å²) in [5.41, 5.74) is 5.07. The third-order valence-electron chi connectivity index (χ3n) is 4.01. The van der Waals surface area contributed by atoms with Gasteiger partial charge in [0.15, 0.2) is 5.84 Å². The largest absolute Gasteiger partial charge is 0.245 e. The van der Waals surface area contributed by atoms with Crippen molar-refractivity contribution in [1.29, 1.82) is 0 Å². The molecule has 1 aliphatic rings. The van der Waals surface area contributed by atoms with Crippen molar-refractivity contribution in [2.24, 2.45) is 4.99 Å². The van der Waals surface area contributed by atoms with Gasteiger partial charge in [-0.05, 0) is 12.1 Å². The predicted octanol–water partition coefficient (Wildman–Crippen LogP) is 4.63. The average molecular weight is 379 g/mol. The molecule has 4 rings (SSSR count). The van der Waals surface area contributed by atoms with Crippen LogP contribution in [0.15, 0.2) is 94.4 Å². The third kappa shape index (κ3) is 2.64. The fourth-order valence-electron chi connectivity index (χ4n) is 2.80. The summed E-state index contributed by atoms with van der Waals surface area (Å²) in [6.07, 6.45) is 0. The standard InChI is InChI=1S/C20H15BrN2O/c21-18-13-11-15(12-14-18)19-22-20(24-23-19,16-7-3-1-4-8-16)17-9-5-2-6-10-17/h1-14H,(H,22,23). The van der Waals surface area contributed by atoms with Crippen LogP contribution in [-0.2, 0) is 10.6 Å². The molecule has 1 aliphatic heterocycles. The zero-order valence-electron chi connectivity index (χ0n) is 12.8. The molecule has 1 N–H and O–H groups in total. The van der Waals surface area contributed by atoms with Gasteiger partial charge in [-0.3, -0.25) is 0 Å². The fraction of sp³-hybridized carbons (Fsp3) is 0.0500. The molecule has 4 heteroatoms. The number of nitrogens with zero attached hydrogens (tertiary/aromatic N) is 1. The molecule has 0 spiro atoms. The molecular formula is C20H15BrN2O. The van der Waals surface area contributed by atoms with Gasteiger partial charge in [0.25, 0.3) is 0 Å². The van der Waals surface area contributed by atoms with Crippen molar-refractivity contribution in [3.63, 3.8) is 0 Å². The Hall–Kier alpha value is -2.43. The number of nitrogens with one attached hydrogen (secondary N) is 1. The van der Waals surface area contributed by atoms with Gasteiger partial charge in [-0.2, -0.15) is 0 Å². The maximum atomic E-state index is 6.04. The quantitative estimate of drug-likeness (QED) is 0.720. The molecule has 0 amide bonds. The van der Waals surface area contributed by atoms with Crippen LogP contribution in [0.4, 0.5) is 0 Å². The molecule has 3 nitrogen and oxygen atoms in total. The minimum atomic E-state index is -0.884. The van der Waals surface area contributed by atoms with Crippen LogP contribution in [0.5, 0.6) is 0 Å². The first-order chi connectivity index (χ1) is 11.8. The number of rotatable bonds is 3. The SMILES string of the molecule is Brc1ccc(C2=NC(c3ccccc3)(c3ccccc3)ON2)cc1. The number of aliphatic imine (C=N–C) groups is 1. The summed E-state index contributed by atoms with van der Waals surface area (Å²) in [5, 5.41) is 0. The first-order valence-corrected chi connectivity index (χ1v) is 8.48. The lowest BCUT2D eigenvalue weighted by Gasteiger charge is -2.24. The summed E-state index contributed by atoms with van der Waals surface area (Å²) < 4.78 is 1.03. The molecule has 0 radical (unpaired) electrons. The Kier molecular flexibility index (Phi) is 3.92. The Morgan fingerprint density at radius 2 is 1.29 bits per heavy atom. The second kappa shape index (κ2) is 6.23. The highest BCUT2D eigenvalue weighted by molar-refractivity contribution is 9.10. The van der Waals surface area contributed by atoms with E-state index in [-0.39, 0.29) is 0 Å². The summed E-state index contributed by atoms with van der Waals surface area (Å²) in [4.78, 5) is 11.0. The van der Waals surface area contributed by atoms with E-state index in [0.717, 1.165) is 27.0 Å². The zero-order valence-corrected chi connectivity index (χ0v) is 14.4. The smallest absolute Gasteiger partial charge is 0.238 e. The maximum absolute atomic E-state index is 6.04. The molecule has 0 atom stereocenters. The zero-order chi connectivity index (χ0) is 16.4. The molecule has 1 heterocycles. The monoisotopic (exact) mass is 378 g/mol. The van der Waals surface area contributed by atoms with Gasteiger partial charge in [-0.15, -0.1) is 0 Å². The minimum Gasteiger partial charge on any atom is -0.245 e. The molecule has 0 aliphatic carbocycles. The molecule has 0 unspecified atom stereocenters. The van der Waals surface area contributed by atoms with Gasteiger partial charge in [0.05, 0.1) is 0 Å². The maximum Gasteiger partial charge on any atom is 0.238 e. The summed E-state index contributed by atoms with van der Waals surface area (Å²) in [6.45, 7) is 0. The Bertz CT molecular complexity index is 822. The molecule has 0 aromatic heterocycles. The highest BCUT2D eigenvalue weighted by atomic mass is 79.9. The molecule has 0 bridgehead atoms. The van der Waals surface area contributed by atoms with Crippen LogP contribution in [0, 0.1) is 0 Å². The lowest BCUT2D eigenvalue weighted by molar-refractivity contribution is -0.0286. The number of hydrogen-bond donors (Lipinski definition) is 1. The van der Waals surface area contributed by atoms with E-state index in [1.165, 1.54) is 0 Å². The Morgan fingerprint density at radius 3 is 1.83 bits per heavy atom. The molecule has 0 saturated heterocycles. The highest BCUT2D eigenvalue weighted by Crippen LogP contribution is 2.37. The number of hydroxylamine groups is 1. The normalized spacial score (nSPS) is 15.6. The number of benzene rings is 3. The molecule has 0 saturated carbocycles. The molecule has 24 heavy (non-hydrogen) atoms. The lowest BCUT2D eigenvalue weighted by atomic mass is 9.95. The van der Waals surface area contributed by atoms with Gasteiger partial charge in [0, 0.05) is 21.2 Å². The van der Waals surface area contributed by atoms with Crippen LogP contribution in [0.2, 0.25) is 0 Å². The van der Waals surface area contributed by atoms with Gasteiger partial charge in [-0.1, -0.05) is 88.7 Å². The van der Waals surface area contributed by atoms with Gasteiger partial charge in [0.1, 0.15) is 0 Å². The minimum absolute atomic E-state index is 0.718. The van der Waals surface area contributed by atoms with Gasteiger partial charge in [-0.25, -0.2) is 15.3 Å². The van der Waals surface area contributed by atoms with E-state index >= 15 is 0 Å². The fourth-order valence-corrected chi connectivity index (χ4v) is 3.06. The third-order valence-corrected chi connectivity index (χ3v) is 4.54. The Morgan fingerprint density at radius 1 is 0.750 bits per heavy atom. The van der Waals surface area contributed by atoms with Gasteiger partial charge >= 0.3 is 0 Å². The lowest BCUT2D eigenvalue weighted by Crippen LogP contribution is -2.29. The number of hydrogen-bond acceptors (Lipinski definition) is 3. The Balaban J connectivity index is 1.85. The molecule has 118 valence electrons. The second-order valence-corrected chi connectivity index (χ2v) is 6.46. The first kappa shape index (κ1) is 15.1. The van der Waals surface area contributed by atoms with E-state index in [0.29, 0.717) is 0 Å². The van der Waals surface area contributed by atoms with Crippen LogP contribution in [0.25, 0.3) is 0 Å². The molecule has 3 aromatic rings. The van der Waals surface area contributed by atoms with Gasteiger partial charge in [0.2, 0.25) is 5.72 Å². The molecule has 3 aromatic carbocycles. The average Bonchev–Trinajstić information content (AvgIpc) is 3.10. The summed E-state index contributed by atoms with van der Waals surface area (Å²) in [6, 6.07) is 28.1. The van der Waals surface area contributed by atoms with E-state index < -0.39 is 5.72 Å². The van der Waals surface area contributed by atoms with Crippen molar-refractivity contribution in [1.82, 2.24) is 5.48 Å². The summed E-state index contributed by atoms with van der Waals surface area (Å²) in [5.74, 6) is 0.718. The predicted molar refractivity (Wildman–Crippen MR) is 98.6 cm³/mol. The Labute approximate surface area is 149 Å². The second-order valence-electron chi connectivity index (χ2n) is 5.55. The van der Waals surface area contributed by atoms with E-state index in [1.807, 2.05) is 84.9 Å². The summed E-state index contributed by atoms with van der Waals surface area (Å²) in [7, 11) is 0. The number of amidine groups is 1.